The van der Waals surface area contributed by atoms with Crippen LogP contribution in [0.15, 0.2) is 52.9 Å². The second-order valence-corrected chi connectivity index (χ2v) is 8.03. The number of halogens is 1. The molecule has 1 saturated heterocycles. The van der Waals surface area contributed by atoms with Gasteiger partial charge < -0.3 is 19.2 Å². The molecule has 1 aliphatic heterocycles. The molecule has 166 valence electrons. The summed E-state index contributed by atoms with van der Waals surface area (Å²) >= 11 is 5.90. The summed E-state index contributed by atoms with van der Waals surface area (Å²) in [6, 6.07) is 17.8. The minimum absolute atomic E-state index is 0.114. The summed E-state index contributed by atoms with van der Waals surface area (Å²) < 4.78 is 17.0. The van der Waals surface area contributed by atoms with Gasteiger partial charge in [-0.25, -0.2) is 0 Å². The number of aryl methyl sites for hydroxylation is 1. The zero-order valence-corrected chi connectivity index (χ0v) is 18.6. The second kappa shape index (κ2) is 10.5. The molecule has 32 heavy (non-hydrogen) atoms. The first-order chi connectivity index (χ1) is 15.6. The topological polar surface area (TPSA) is 83.6 Å². The fourth-order valence-electron chi connectivity index (χ4n) is 3.62. The monoisotopic (exact) mass is 452 g/mol. The van der Waals surface area contributed by atoms with E-state index in [4.69, 9.17) is 25.5 Å². The highest BCUT2D eigenvalue weighted by atomic mass is 35.5. The lowest BCUT2D eigenvalue weighted by atomic mass is 10.0. The lowest BCUT2D eigenvalue weighted by molar-refractivity contribution is 0.0186. The number of nitrogens with zero attached hydrogens (tertiary/aromatic N) is 3. The van der Waals surface area contributed by atoms with Gasteiger partial charge in [0.1, 0.15) is 11.8 Å². The van der Waals surface area contributed by atoms with Gasteiger partial charge in [0.05, 0.1) is 19.3 Å². The number of aromatic nitrogens is 1. The average molecular weight is 453 g/mol. The quantitative estimate of drug-likeness (QED) is 0.535. The van der Waals surface area contributed by atoms with Gasteiger partial charge >= 0.3 is 0 Å². The third-order valence-corrected chi connectivity index (χ3v) is 5.61. The van der Waals surface area contributed by atoms with Gasteiger partial charge in [-0.3, -0.25) is 4.90 Å². The molecule has 0 aliphatic carbocycles. The number of ether oxygens (including phenoxy) is 2. The SMILES string of the molecule is Cc1ccc(C(CNc2oc(COc3ccc(Cl)cc3)nc2C#N)N2CCOCC2)cc1. The van der Waals surface area contributed by atoms with Crippen LogP contribution in [0, 0.1) is 18.3 Å². The first-order valence-corrected chi connectivity index (χ1v) is 10.9. The summed E-state index contributed by atoms with van der Waals surface area (Å²) in [7, 11) is 0. The fraction of sp³-hybridized carbons (Fsp3) is 0.333. The molecule has 0 radical (unpaired) electrons. The van der Waals surface area contributed by atoms with E-state index in [1.807, 2.05) is 0 Å². The molecule has 1 aliphatic rings. The number of nitriles is 1. The van der Waals surface area contributed by atoms with Crippen LogP contribution < -0.4 is 10.1 Å². The molecule has 2 aromatic carbocycles. The Bertz CT molecular complexity index is 1050. The molecule has 7 nitrogen and oxygen atoms in total. The van der Waals surface area contributed by atoms with Crippen LogP contribution in [0.5, 0.6) is 5.75 Å². The standard InChI is InChI=1S/C24H25ClN4O3/c1-17-2-4-18(5-3-17)22(29-10-12-30-13-11-29)15-27-24-21(14-26)28-23(32-24)16-31-20-8-6-19(25)7-9-20/h2-9,22,27H,10-13,15-16H2,1H3. The maximum atomic E-state index is 9.51. The number of oxazole rings is 1. The summed E-state index contributed by atoms with van der Waals surface area (Å²) in [6.07, 6.45) is 0. The van der Waals surface area contributed by atoms with Crippen molar-refractivity contribution in [2.45, 2.75) is 19.6 Å². The van der Waals surface area contributed by atoms with Gasteiger partial charge in [-0.1, -0.05) is 41.4 Å². The molecule has 1 aromatic heterocycles. The Morgan fingerprint density at radius 3 is 2.56 bits per heavy atom. The van der Waals surface area contributed by atoms with Crippen molar-refractivity contribution in [2.24, 2.45) is 0 Å². The van der Waals surface area contributed by atoms with Gasteiger partial charge in [-0.05, 0) is 36.8 Å². The molecule has 3 aromatic rings. The normalized spacial score (nSPS) is 15.2. The van der Waals surface area contributed by atoms with Crippen LogP contribution in [0.25, 0.3) is 0 Å². The van der Waals surface area contributed by atoms with Gasteiger partial charge in [0, 0.05) is 24.7 Å². The first kappa shape index (κ1) is 22.2. The molecule has 1 N–H and O–H groups in total. The largest absolute Gasteiger partial charge is 0.484 e. The Morgan fingerprint density at radius 2 is 1.88 bits per heavy atom. The van der Waals surface area contributed by atoms with E-state index in [2.05, 4.69) is 52.5 Å². The van der Waals surface area contributed by atoms with Crippen LogP contribution in [-0.2, 0) is 11.3 Å². The molecule has 0 amide bonds. The molecule has 8 heteroatoms. The Balaban J connectivity index is 1.45. The number of benzene rings is 2. The van der Waals surface area contributed by atoms with Gasteiger partial charge in [-0.2, -0.15) is 10.2 Å². The Hall–Kier alpha value is -3.05. The predicted octanol–water partition coefficient (Wildman–Crippen LogP) is 4.57. The Morgan fingerprint density at radius 1 is 1.16 bits per heavy atom. The minimum Gasteiger partial charge on any atom is -0.484 e. The van der Waals surface area contributed by atoms with E-state index in [1.54, 1.807) is 24.3 Å². The highest BCUT2D eigenvalue weighted by Crippen LogP contribution is 2.25. The van der Waals surface area contributed by atoms with Gasteiger partial charge in [-0.15, -0.1) is 0 Å². The second-order valence-electron chi connectivity index (χ2n) is 7.60. The lowest BCUT2D eigenvalue weighted by Crippen LogP contribution is -2.41. The fourth-order valence-corrected chi connectivity index (χ4v) is 3.75. The van der Waals surface area contributed by atoms with Gasteiger partial charge in [0.2, 0.25) is 17.5 Å². The minimum atomic E-state index is 0.114. The molecule has 4 rings (SSSR count). The van der Waals surface area contributed by atoms with Crippen molar-refractivity contribution in [3.63, 3.8) is 0 Å². The van der Waals surface area contributed by atoms with Crippen LogP contribution in [0.4, 0.5) is 5.88 Å². The molecule has 0 spiro atoms. The van der Waals surface area contributed by atoms with E-state index in [9.17, 15) is 5.26 Å². The molecule has 1 unspecified atom stereocenters. The molecular weight excluding hydrogens is 428 g/mol. The summed E-state index contributed by atoms with van der Waals surface area (Å²) in [5.74, 6) is 1.33. The zero-order chi connectivity index (χ0) is 22.3. The van der Waals surface area contributed by atoms with Crippen molar-refractivity contribution in [1.29, 1.82) is 5.26 Å². The van der Waals surface area contributed by atoms with Crippen molar-refractivity contribution in [3.05, 3.63) is 76.3 Å². The third kappa shape index (κ3) is 5.60. The van der Waals surface area contributed by atoms with Crippen LogP contribution >= 0.6 is 11.6 Å². The van der Waals surface area contributed by atoms with Crippen LogP contribution in [0.2, 0.25) is 5.02 Å². The van der Waals surface area contributed by atoms with Crippen molar-refractivity contribution in [3.8, 4) is 11.8 Å². The van der Waals surface area contributed by atoms with Crippen molar-refractivity contribution in [1.82, 2.24) is 9.88 Å². The number of anilines is 1. The average Bonchev–Trinajstić information content (AvgIpc) is 3.23. The highest BCUT2D eigenvalue weighted by molar-refractivity contribution is 6.30. The van der Waals surface area contributed by atoms with Crippen LogP contribution in [0.3, 0.4) is 0 Å². The number of rotatable bonds is 8. The van der Waals surface area contributed by atoms with E-state index >= 15 is 0 Å². The maximum absolute atomic E-state index is 9.51. The number of nitrogens with one attached hydrogen (secondary N) is 1. The van der Waals surface area contributed by atoms with E-state index in [1.165, 1.54) is 11.1 Å². The molecule has 1 atom stereocenters. The van der Waals surface area contributed by atoms with Gasteiger partial charge in [0.25, 0.3) is 0 Å². The van der Waals surface area contributed by atoms with E-state index < -0.39 is 0 Å². The molecular formula is C24H25ClN4O3. The van der Waals surface area contributed by atoms with Crippen molar-refractivity contribution in [2.75, 3.05) is 38.2 Å². The maximum Gasteiger partial charge on any atom is 0.236 e. The highest BCUT2D eigenvalue weighted by Gasteiger charge is 2.24. The molecule has 0 saturated carbocycles. The van der Waals surface area contributed by atoms with Crippen molar-refractivity contribution < 1.29 is 13.9 Å². The van der Waals surface area contributed by atoms with Crippen molar-refractivity contribution >= 4 is 17.5 Å². The molecule has 0 bridgehead atoms. The van der Waals surface area contributed by atoms with Gasteiger partial charge in [0.15, 0.2) is 6.61 Å². The van der Waals surface area contributed by atoms with E-state index in [0.717, 1.165) is 13.1 Å². The zero-order valence-electron chi connectivity index (χ0n) is 17.9. The van der Waals surface area contributed by atoms with E-state index in [0.29, 0.717) is 42.3 Å². The Labute approximate surface area is 192 Å². The van der Waals surface area contributed by atoms with E-state index in [-0.39, 0.29) is 18.3 Å². The number of morpholine rings is 1. The van der Waals surface area contributed by atoms with Crippen LogP contribution in [0.1, 0.15) is 28.8 Å². The number of hydrogen-bond donors (Lipinski definition) is 1. The first-order valence-electron chi connectivity index (χ1n) is 10.5. The number of hydrogen-bond acceptors (Lipinski definition) is 7. The third-order valence-electron chi connectivity index (χ3n) is 5.36. The smallest absolute Gasteiger partial charge is 0.236 e. The lowest BCUT2D eigenvalue weighted by Gasteiger charge is -2.35. The van der Waals surface area contributed by atoms with Crippen LogP contribution in [-0.4, -0.2) is 42.7 Å². The summed E-state index contributed by atoms with van der Waals surface area (Å²) in [6.45, 7) is 5.88. The molecule has 1 fully saturated rings. The predicted molar refractivity (Wildman–Crippen MR) is 122 cm³/mol. The Kier molecular flexibility index (Phi) is 7.28. The summed E-state index contributed by atoms with van der Waals surface area (Å²) in [4.78, 5) is 6.64. The molecule has 2 heterocycles. The summed E-state index contributed by atoms with van der Waals surface area (Å²) in [5, 5.41) is 13.4. The summed E-state index contributed by atoms with van der Waals surface area (Å²) in [5.41, 5.74) is 2.63.